The van der Waals surface area contributed by atoms with Crippen molar-refractivity contribution in [2.24, 2.45) is 0 Å². The van der Waals surface area contributed by atoms with Crippen LogP contribution in [0.25, 0.3) is 0 Å². The molecule has 2 rings (SSSR count). The molecule has 1 aromatic carbocycles. The van der Waals surface area contributed by atoms with Crippen LogP contribution in [0.1, 0.15) is 12.5 Å². The first kappa shape index (κ1) is 10.0. The molecule has 0 aromatic heterocycles. The Morgan fingerprint density at radius 2 is 2.40 bits per heavy atom. The van der Waals surface area contributed by atoms with E-state index < -0.39 is 0 Å². The van der Waals surface area contributed by atoms with Gasteiger partial charge in [-0.25, -0.2) is 4.79 Å². The molecule has 0 amide bonds. The van der Waals surface area contributed by atoms with Gasteiger partial charge in [0.2, 0.25) is 0 Å². The van der Waals surface area contributed by atoms with E-state index in [-0.39, 0.29) is 12.0 Å². The fraction of sp³-hybridized carbons (Fsp3) is 0.417. The van der Waals surface area contributed by atoms with Gasteiger partial charge in [0, 0.05) is 5.69 Å². The second-order valence-corrected chi connectivity index (χ2v) is 3.76. The quantitative estimate of drug-likeness (QED) is 0.556. The van der Waals surface area contributed by atoms with E-state index in [0.717, 1.165) is 12.2 Å². The zero-order valence-corrected chi connectivity index (χ0v) is 9.06. The van der Waals surface area contributed by atoms with Crippen molar-refractivity contribution >= 4 is 11.7 Å². The van der Waals surface area contributed by atoms with Gasteiger partial charge in [-0.15, -0.1) is 0 Å². The zero-order valence-electron chi connectivity index (χ0n) is 9.06. The molecule has 1 aliphatic heterocycles. The van der Waals surface area contributed by atoms with E-state index >= 15 is 0 Å². The molecule has 0 radical (unpaired) electrons. The van der Waals surface area contributed by atoms with Crippen LogP contribution in [0.3, 0.4) is 0 Å². The second kappa shape index (κ2) is 3.93. The number of hydrogen-bond donors (Lipinski definition) is 0. The average Bonchev–Trinajstić information content (AvgIpc) is 2.97. The molecular weight excluding hydrogens is 190 g/mol. The molecule has 0 bridgehead atoms. The number of ether oxygens (including phenoxy) is 1. The van der Waals surface area contributed by atoms with Crippen LogP contribution >= 0.6 is 0 Å². The van der Waals surface area contributed by atoms with Crippen molar-refractivity contribution in [1.29, 1.82) is 0 Å². The molecule has 1 fully saturated rings. The molecule has 1 saturated heterocycles. The van der Waals surface area contributed by atoms with E-state index in [1.165, 1.54) is 5.56 Å². The maximum Gasteiger partial charge on any atom is 0.330 e. The average molecular weight is 205 g/mol. The number of carbonyl (C=O) groups is 1. The Morgan fingerprint density at radius 1 is 1.60 bits per heavy atom. The van der Waals surface area contributed by atoms with Crippen molar-refractivity contribution < 1.29 is 9.53 Å². The first-order valence-electron chi connectivity index (χ1n) is 5.22. The molecule has 3 heteroatoms. The maximum atomic E-state index is 11.4. The van der Waals surface area contributed by atoms with Crippen LogP contribution in [0.15, 0.2) is 24.3 Å². The summed E-state index contributed by atoms with van der Waals surface area (Å²) in [6.45, 7) is 5.11. The van der Waals surface area contributed by atoms with Crippen molar-refractivity contribution in [3.63, 3.8) is 0 Å². The van der Waals surface area contributed by atoms with Gasteiger partial charge in [0.25, 0.3) is 0 Å². The smallest absolute Gasteiger partial charge is 0.330 e. The normalized spacial score (nSPS) is 18.8. The summed E-state index contributed by atoms with van der Waals surface area (Å²) in [4.78, 5) is 13.5. The van der Waals surface area contributed by atoms with Gasteiger partial charge in [-0.1, -0.05) is 12.1 Å². The van der Waals surface area contributed by atoms with Crippen molar-refractivity contribution in [3.05, 3.63) is 29.8 Å². The van der Waals surface area contributed by atoms with Gasteiger partial charge in [-0.2, -0.15) is 0 Å². The minimum atomic E-state index is -0.112. The Hall–Kier alpha value is -1.51. The van der Waals surface area contributed by atoms with Crippen LogP contribution < -0.4 is 4.90 Å². The fourth-order valence-electron chi connectivity index (χ4n) is 1.67. The van der Waals surface area contributed by atoms with Crippen LogP contribution in [-0.2, 0) is 9.53 Å². The number of nitrogens with zero attached hydrogens (tertiary/aromatic N) is 1. The lowest BCUT2D eigenvalue weighted by Crippen LogP contribution is -2.15. The van der Waals surface area contributed by atoms with Gasteiger partial charge in [0.1, 0.15) is 6.04 Å². The molecule has 1 heterocycles. The number of carbonyl (C=O) groups excluding carboxylic acids is 1. The van der Waals surface area contributed by atoms with Crippen molar-refractivity contribution in [1.82, 2.24) is 0 Å². The van der Waals surface area contributed by atoms with E-state index in [4.69, 9.17) is 4.74 Å². The summed E-state index contributed by atoms with van der Waals surface area (Å²) < 4.78 is 4.97. The largest absolute Gasteiger partial charge is 0.464 e. The molecule has 0 N–H and O–H groups in total. The third-order valence-electron chi connectivity index (χ3n) is 2.50. The standard InChI is InChI=1S/C12H15NO2/c1-3-15-12(14)11-8-13(11)10-6-4-5-9(2)7-10/h4-7,11H,3,8H2,1-2H3. The molecule has 0 saturated carbocycles. The van der Waals surface area contributed by atoms with Gasteiger partial charge in [0.05, 0.1) is 13.2 Å². The number of hydrogen-bond acceptors (Lipinski definition) is 3. The molecule has 3 nitrogen and oxygen atoms in total. The molecule has 1 atom stereocenters. The topological polar surface area (TPSA) is 29.3 Å². The molecule has 1 aromatic rings. The highest BCUT2D eigenvalue weighted by molar-refractivity contribution is 5.86. The highest BCUT2D eigenvalue weighted by Gasteiger charge is 2.41. The molecule has 15 heavy (non-hydrogen) atoms. The van der Waals surface area contributed by atoms with Gasteiger partial charge < -0.3 is 9.64 Å². The Morgan fingerprint density at radius 3 is 3.07 bits per heavy atom. The van der Waals surface area contributed by atoms with Crippen LogP contribution in [0.2, 0.25) is 0 Å². The predicted molar refractivity (Wildman–Crippen MR) is 58.9 cm³/mol. The van der Waals surface area contributed by atoms with Gasteiger partial charge in [-0.05, 0) is 31.5 Å². The zero-order chi connectivity index (χ0) is 10.8. The van der Waals surface area contributed by atoms with Gasteiger partial charge >= 0.3 is 5.97 Å². The summed E-state index contributed by atoms with van der Waals surface area (Å²) in [5.74, 6) is -0.112. The van der Waals surface area contributed by atoms with Crippen molar-refractivity contribution in [2.45, 2.75) is 19.9 Å². The first-order chi connectivity index (χ1) is 7.22. The lowest BCUT2D eigenvalue weighted by molar-refractivity contribution is -0.142. The lowest BCUT2D eigenvalue weighted by atomic mass is 10.2. The number of rotatable bonds is 3. The van der Waals surface area contributed by atoms with Gasteiger partial charge in [0.15, 0.2) is 0 Å². The van der Waals surface area contributed by atoms with E-state index in [2.05, 4.69) is 6.07 Å². The summed E-state index contributed by atoms with van der Waals surface area (Å²) in [5, 5.41) is 0. The SMILES string of the molecule is CCOC(=O)C1CN1c1cccc(C)c1. The predicted octanol–water partition coefficient (Wildman–Crippen LogP) is 1.75. The molecular formula is C12H15NO2. The van der Waals surface area contributed by atoms with Crippen LogP contribution in [0.5, 0.6) is 0 Å². The summed E-state index contributed by atoms with van der Waals surface area (Å²) in [6, 6.07) is 8.09. The Labute approximate surface area is 89.7 Å². The molecule has 0 aliphatic carbocycles. The van der Waals surface area contributed by atoms with Crippen LogP contribution in [0.4, 0.5) is 5.69 Å². The Bertz CT molecular complexity index is 376. The molecule has 80 valence electrons. The van der Waals surface area contributed by atoms with E-state index in [0.29, 0.717) is 6.61 Å². The fourth-order valence-corrected chi connectivity index (χ4v) is 1.67. The van der Waals surface area contributed by atoms with E-state index in [9.17, 15) is 4.79 Å². The third-order valence-corrected chi connectivity index (χ3v) is 2.50. The number of benzene rings is 1. The molecule has 1 aliphatic rings. The summed E-state index contributed by atoms with van der Waals surface area (Å²) in [6.07, 6.45) is 0. The monoisotopic (exact) mass is 205 g/mol. The van der Waals surface area contributed by atoms with Crippen LogP contribution in [-0.4, -0.2) is 25.2 Å². The highest BCUT2D eigenvalue weighted by atomic mass is 16.5. The Kier molecular flexibility index (Phi) is 2.62. The number of anilines is 1. The third kappa shape index (κ3) is 2.12. The summed E-state index contributed by atoms with van der Waals surface area (Å²) in [5.41, 5.74) is 2.31. The first-order valence-corrected chi connectivity index (χ1v) is 5.22. The van der Waals surface area contributed by atoms with Gasteiger partial charge in [-0.3, -0.25) is 0 Å². The second-order valence-electron chi connectivity index (χ2n) is 3.76. The summed E-state index contributed by atoms with van der Waals surface area (Å²) >= 11 is 0. The lowest BCUT2D eigenvalue weighted by Gasteiger charge is -2.05. The number of esters is 1. The Balaban J connectivity index is 2.01. The minimum absolute atomic E-state index is 0.0632. The molecule has 1 unspecified atom stereocenters. The van der Waals surface area contributed by atoms with E-state index in [1.807, 2.05) is 36.9 Å². The number of aryl methyl sites for hydroxylation is 1. The highest BCUT2D eigenvalue weighted by Crippen LogP contribution is 2.28. The van der Waals surface area contributed by atoms with E-state index in [1.54, 1.807) is 0 Å². The summed E-state index contributed by atoms with van der Waals surface area (Å²) in [7, 11) is 0. The maximum absolute atomic E-state index is 11.4. The van der Waals surface area contributed by atoms with Crippen molar-refractivity contribution in [3.8, 4) is 0 Å². The van der Waals surface area contributed by atoms with Crippen molar-refractivity contribution in [2.75, 3.05) is 18.1 Å². The minimum Gasteiger partial charge on any atom is -0.464 e. The molecule has 0 spiro atoms. The van der Waals surface area contributed by atoms with Crippen LogP contribution in [0, 0.1) is 6.92 Å².